The van der Waals surface area contributed by atoms with Gasteiger partial charge in [0.25, 0.3) is 11.8 Å². The molecule has 2 aliphatic heterocycles. The lowest BCUT2D eigenvalue weighted by atomic mass is 9.96. The van der Waals surface area contributed by atoms with Crippen LogP contribution in [-0.4, -0.2) is 50.1 Å². The zero-order valence-corrected chi connectivity index (χ0v) is 13.3. The van der Waals surface area contributed by atoms with Gasteiger partial charge < -0.3 is 14.2 Å². The molecule has 0 bridgehead atoms. The summed E-state index contributed by atoms with van der Waals surface area (Å²) >= 11 is 0. The lowest BCUT2D eigenvalue weighted by Crippen LogP contribution is -2.30. The Labute approximate surface area is 133 Å². The fourth-order valence-electron chi connectivity index (χ4n) is 3.04. The molecule has 0 unspecified atom stereocenters. The zero-order valence-electron chi connectivity index (χ0n) is 13.3. The number of fused-ring (bicyclic) bond motifs is 2. The Hall–Kier alpha value is -2.57. The van der Waals surface area contributed by atoms with Crippen LogP contribution in [0.3, 0.4) is 0 Å². The number of nitrogens with zero attached hydrogens (tertiary/aromatic N) is 1. The van der Waals surface area contributed by atoms with Gasteiger partial charge in [-0.15, -0.1) is 0 Å². The topological polar surface area (TPSA) is 82.1 Å². The largest absolute Gasteiger partial charge is 0.495 e. The Bertz CT molecular complexity index is 726. The molecule has 0 fully saturated rings. The van der Waals surface area contributed by atoms with E-state index >= 15 is 0 Å². The molecule has 0 aliphatic carbocycles. The standard InChI is InChI=1S/C16H17NO6/c1-7(16(20)22-4)10-5-8-11(23-10)6-9-12(13(8)21-3)15(19)17(2)14(9)18/h6-7,10H,5H2,1-4H3/t7-,10+/m1/s1. The highest BCUT2D eigenvalue weighted by Crippen LogP contribution is 2.44. The summed E-state index contributed by atoms with van der Waals surface area (Å²) in [6.07, 6.45) is -0.00966. The SMILES string of the molecule is COC(=O)[C@H](C)[C@@H]1Cc2c(cc3c(c2OC)C(=O)N(C)C3=O)O1. The minimum Gasteiger partial charge on any atom is -0.495 e. The summed E-state index contributed by atoms with van der Waals surface area (Å²) in [6, 6.07) is 1.56. The molecule has 2 atom stereocenters. The predicted octanol–water partition coefficient (Wildman–Crippen LogP) is 1.03. The van der Waals surface area contributed by atoms with Crippen molar-refractivity contribution in [2.24, 2.45) is 5.92 Å². The van der Waals surface area contributed by atoms with Crippen LogP contribution in [0.5, 0.6) is 11.5 Å². The molecule has 2 amide bonds. The molecule has 2 heterocycles. The van der Waals surface area contributed by atoms with E-state index in [-0.39, 0.29) is 23.0 Å². The number of carbonyl (C=O) groups is 3. The van der Waals surface area contributed by atoms with Crippen LogP contribution in [0.15, 0.2) is 6.07 Å². The monoisotopic (exact) mass is 319 g/mol. The molecule has 0 spiro atoms. The first-order valence-corrected chi connectivity index (χ1v) is 7.21. The molecule has 0 saturated heterocycles. The Kier molecular flexibility index (Phi) is 3.50. The average Bonchev–Trinajstić information content (AvgIpc) is 3.07. The third-order valence-corrected chi connectivity index (χ3v) is 4.42. The van der Waals surface area contributed by atoms with E-state index in [2.05, 4.69) is 0 Å². The van der Waals surface area contributed by atoms with Crippen LogP contribution in [0.25, 0.3) is 0 Å². The Balaban J connectivity index is 2.04. The first kappa shape index (κ1) is 15.3. The molecule has 0 radical (unpaired) electrons. The summed E-state index contributed by atoms with van der Waals surface area (Å²) in [5.74, 6) is -0.812. The van der Waals surface area contributed by atoms with Gasteiger partial charge in [0.1, 0.15) is 17.6 Å². The molecular weight excluding hydrogens is 302 g/mol. The van der Waals surface area contributed by atoms with Gasteiger partial charge in [-0.25, -0.2) is 0 Å². The van der Waals surface area contributed by atoms with Crippen LogP contribution in [-0.2, 0) is 16.0 Å². The number of hydrogen-bond acceptors (Lipinski definition) is 6. The smallest absolute Gasteiger partial charge is 0.312 e. The number of methoxy groups -OCH3 is 2. The Morgan fingerprint density at radius 1 is 1.35 bits per heavy atom. The highest BCUT2D eigenvalue weighted by atomic mass is 16.5. The van der Waals surface area contributed by atoms with Crippen molar-refractivity contribution < 1.29 is 28.6 Å². The van der Waals surface area contributed by atoms with E-state index in [0.29, 0.717) is 23.5 Å². The second-order valence-corrected chi connectivity index (χ2v) is 5.65. The van der Waals surface area contributed by atoms with E-state index in [0.717, 1.165) is 4.90 Å². The number of benzene rings is 1. The van der Waals surface area contributed by atoms with E-state index in [9.17, 15) is 14.4 Å². The fourth-order valence-corrected chi connectivity index (χ4v) is 3.04. The van der Waals surface area contributed by atoms with Crippen molar-refractivity contribution in [1.82, 2.24) is 4.90 Å². The maximum atomic E-state index is 12.3. The summed E-state index contributed by atoms with van der Waals surface area (Å²) in [5.41, 5.74) is 1.22. The van der Waals surface area contributed by atoms with Crippen LogP contribution >= 0.6 is 0 Å². The van der Waals surface area contributed by atoms with Crippen molar-refractivity contribution in [1.29, 1.82) is 0 Å². The molecular formula is C16H17NO6. The number of ether oxygens (including phenoxy) is 3. The number of hydrogen-bond donors (Lipinski definition) is 0. The average molecular weight is 319 g/mol. The number of rotatable bonds is 3. The van der Waals surface area contributed by atoms with E-state index in [1.54, 1.807) is 13.0 Å². The van der Waals surface area contributed by atoms with E-state index in [4.69, 9.17) is 14.2 Å². The second kappa shape index (κ2) is 5.26. The third-order valence-electron chi connectivity index (χ3n) is 4.42. The Morgan fingerprint density at radius 2 is 2.04 bits per heavy atom. The maximum Gasteiger partial charge on any atom is 0.312 e. The van der Waals surface area contributed by atoms with E-state index in [1.807, 2.05) is 0 Å². The highest BCUT2D eigenvalue weighted by molar-refractivity contribution is 6.23. The van der Waals surface area contributed by atoms with Crippen LogP contribution in [0, 0.1) is 5.92 Å². The zero-order chi connectivity index (χ0) is 16.9. The van der Waals surface area contributed by atoms with Gasteiger partial charge in [-0.2, -0.15) is 0 Å². The summed E-state index contributed by atoms with van der Waals surface area (Å²) in [5, 5.41) is 0. The van der Waals surface area contributed by atoms with Crippen molar-refractivity contribution in [3.8, 4) is 11.5 Å². The third kappa shape index (κ3) is 2.07. The molecule has 122 valence electrons. The number of esters is 1. The summed E-state index contributed by atoms with van der Waals surface area (Å²) in [4.78, 5) is 37.2. The van der Waals surface area contributed by atoms with Crippen molar-refractivity contribution >= 4 is 17.8 Å². The van der Waals surface area contributed by atoms with Gasteiger partial charge in [-0.3, -0.25) is 19.3 Å². The van der Waals surface area contributed by atoms with Crippen LogP contribution in [0.4, 0.5) is 0 Å². The van der Waals surface area contributed by atoms with Gasteiger partial charge in [0.05, 0.1) is 31.3 Å². The normalized spacial score (nSPS) is 20.0. The summed E-state index contributed by atoms with van der Waals surface area (Å²) < 4.78 is 15.9. The molecule has 0 aromatic heterocycles. The summed E-state index contributed by atoms with van der Waals surface area (Å²) in [7, 11) is 4.20. The van der Waals surface area contributed by atoms with Gasteiger partial charge in [-0.1, -0.05) is 0 Å². The van der Waals surface area contributed by atoms with Gasteiger partial charge >= 0.3 is 5.97 Å². The first-order chi connectivity index (χ1) is 10.9. The quantitative estimate of drug-likeness (QED) is 0.611. The van der Waals surface area contributed by atoms with Crippen molar-refractivity contribution in [2.45, 2.75) is 19.4 Å². The molecule has 0 saturated carbocycles. The van der Waals surface area contributed by atoms with Crippen molar-refractivity contribution in [3.05, 3.63) is 22.8 Å². The molecule has 1 aromatic carbocycles. The lowest BCUT2D eigenvalue weighted by molar-refractivity contribution is -0.147. The van der Waals surface area contributed by atoms with E-state index < -0.39 is 17.9 Å². The van der Waals surface area contributed by atoms with Crippen LogP contribution in [0.2, 0.25) is 0 Å². The molecule has 7 nitrogen and oxygen atoms in total. The van der Waals surface area contributed by atoms with Crippen LogP contribution < -0.4 is 9.47 Å². The van der Waals surface area contributed by atoms with Gasteiger partial charge in [0.15, 0.2) is 0 Å². The number of carbonyl (C=O) groups excluding carboxylic acids is 3. The molecule has 23 heavy (non-hydrogen) atoms. The van der Waals surface area contributed by atoms with Gasteiger partial charge in [0.2, 0.25) is 0 Å². The molecule has 1 aromatic rings. The number of amides is 2. The first-order valence-electron chi connectivity index (χ1n) is 7.21. The predicted molar refractivity (Wildman–Crippen MR) is 78.7 cm³/mol. The van der Waals surface area contributed by atoms with E-state index in [1.165, 1.54) is 21.3 Å². The molecule has 3 rings (SSSR count). The minimum atomic E-state index is -0.471. The fraction of sp³-hybridized carbons (Fsp3) is 0.438. The van der Waals surface area contributed by atoms with Crippen LogP contribution in [0.1, 0.15) is 33.2 Å². The molecule has 0 N–H and O–H groups in total. The highest BCUT2D eigenvalue weighted by Gasteiger charge is 2.42. The Morgan fingerprint density at radius 3 is 2.65 bits per heavy atom. The van der Waals surface area contributed by atoms with Gasteiger partial charge in [-0.05, 0) is 13.0 Å². The van der Waals surface area contributed by atoms with Crippen molar-refractivity contribution in [2.75, 3.05) is 21.3 Å². The lowest BCUT2D eigenvalue weighted by Gasteiger charge is -2.16. The van der Waals surface area contributed by atoms with Crippen molar-refractivity contribution in [3.63, 3.8) is 0 Å². The van der Waals surface area contributed by atoms with Gasteiger partial charge in [0, 0.05) is 19.0 Å². The second-order valence-electron chi connectivity index (χ2n) is 5.65. The minimum absolute atomic E-state index is 0.258. The molecule has 7 heteroatoms. The number of imide groups is 1. The maximum absolute atomic E-state index is 12.3. The summed E-state index contributed by atoms with van der Waals surface area (Å²) in [6.45, 7) is 1.71. The molecule has 2 aliphatic rings.